The van der Waals surface area contributed by atoms with E-state index in [4.69, 9.17) is 4.74 Å². The van der Waals surface area contributed by atoms with Crippen LogP contribution in [-0.2, 0) is 14.6 Å². The van der Waals surface area contributed by atoms with E-state index in [9.17, 15) is 8.42 Å². The van der Waals surface area contributed by atoms with Gasteiger partial charge in [-0.3, -0.25) is 4.99 Å². The molecule has 0 aromatic rings. The second-order valence-electron chi connectivity index (χ2n) is 3.93. The highest BCUT2D eigenvalue weighted by Crippen LogP contribution is 1.84. The Morgan fingerprint density at radius 2 is 1.89 bits per heavy atom. The number of aliphatic imine (C=N–C) groups is 1. The van der Waals surface area contributed by atoms with Gasteiger partial charge in [-0.1, -0.05) is 6.92 Å². The van der Waals surface area contributed by atoms with E-state index >= 15 is 0 Å². The first kappa shape index (κ1) is 21.2. The quantitative estimate of drug-likeness (QED) is 0.254. The molecule has 0 aliphatic carbocycles. The predicted octanol–water partition coefficient (Wildman–Crippen LogP) is 0.631. The molecule has 8 heteroatoms. The van der Waals surface area contributed by atoms with E-state index < -0.39 is 9.84 Å². The highest BCUT2D eigenvalue weighted by molar-refractivity contribution is 14.0. The number of hydrogen-bond acceptors (Lipinski definition) is 4. The largest absolute Gasteiger partial charge is 0.379 e. The molecule has 2 N–H and O–H groups in total. The highest BCUT2D eigenvalue weighted by Gasteiger charge is 2.01. The standard InChI is InChI=1S/C11H25N3O3S.HI/c1-4-6-13-11(12-5-2)14-7-8-17-9-10-18(3,15)16;/h4-10H2,1-3H3,(H2,12,13,14);1H. The number of guanidine groups is 1. The average molecular weight is 407 g/mol. The Kier molecular flexibility index (Phi) is 14.4. The van der Waals surface area contributed by atoms with Gasteiger partial charge in [0.1, 0.15) is 9.84 Å². The van der Waals surface area contributed by atoms with E-state index in [1.807, 2.05) is 6.92 Å². The second-order valence-corrected chi connectivity index (χ2v) is 6.19. The van der Waals surface area contributed by atoms with Gasteiger partial charge >= 0.3 is 0 Å². The van der Waals surface area contributed by atoms with E-state index in [2.05, 4.69) is 22.5 Å². The first-order valence-electron chi connectivity index (χ1n) is 6.27. The van der Waals surface area contributed by atoms with E-state index in [1.54, 1.807) is 0 Å². The number of nitrogens with one attached hydrogen (secondary N) is 2. The third-order valence-corrected chi connectivity index (χ3v) is 2.88. The summed E-state index contributed by atoms with van der Waals surface area (Å²) in [5, 5.41) is 6.24. The molecular weight excluding hydrogens is 381 g/mol. The molecule has 0 rings (SSSR count). The van der Waals surface area contributed by atoms with E-state index in [0.29, 0.717) is 13.2 Å². The fourth-order valence-corrected chi connectivity index (χ4v) is 1.54. The van der Waals surface area contributed by atoms with Gasteiger partial charge < -0.3 is 15.4 Å². The molecule has 6 nitrogen and oxygen atoms in total. The van der Waals surface area contributed by atoms with Crippen LogP contribution >= 0.6 is 24.0 Å². The minimum atomic E-state index is -2.93. The van der Waals surface area contributed by atoms with E-state index in [1.165, 1.54) is 6.26 Å². The molecule has 0 saturated carbocycles. The summed E-state index contributed by atoms with van der Waals surface area (Å²) < 4.78 is 26.9. The number of sulfone groups is 1. The Morgan fingerprint density at radius 3 is 2.42 bits per heavy atom. The van der Waals surface area contributed by atoms with Gasteiger partial charge in [0.25, 0.3) is 0 Å². The molecule has 0 fully saturated rings. The van der Waals surface area contributed by atoms with Gasteiger partial charge in [0.05, 0.1) is 19.0 Å². The minimum Gasteiger partial charge on any atom is -0.379 e. The van der Waals surface area contributed by atoms with Gasteiger partial charge in [0.15, 0.2) is 5.96 Å². The zero-order valence-electron chi connectivity index (χ0n) is 11.9. The molecular formula is C11H26IN3O3S. The fourth-order valence-electron chi connectivity index (χ4n) is 1.12. The third-order valence-electron chi connectivity index (χ3n) is 1.98. The maximum atomic E-state index is 10.9. The first-order chi connectivity index (χ1) is 8.49. The van der Waals surface area contributed by atoms with Gasteiger partial charge in [-0.2, -0.15) is 0 Å². The van der Waals surface area contributed by atoms with Crippen molar-refractivity contribution in [1.82, 2.24) is 10.6 Å². The van der Waals surface area contributed by atoms with Crippen molar-refractivity contribution in [3.05, 3.63) is 0 Å². The molecule has 0 saturated heterocycles. The molecule has 0 atom stereocenters. The molecule has 0 heterocycles. The maximum absolute atomic E-state index is 10.9. The summed E-state index contributed by atoms with van der Waals surface area (Å²) in [7, 11) is -2.93. The number of ether oxygens (including phenoxy) is 1. The van der Waals surface area contributed by atoms with Crippen LogP contribution < -0.4 is 10.6 Å². The maximum Gasteiger partial charge on any atom is 0.191 e. The van der Waals surface area contributed by atoms with Crippen molar-refractivity contribution in [2.45, 2.75) is 20.3 Å². The van der Waals surface area contributed by atoms with Crippen LogP contribution in [-0.4, -0.2) is 59.2 Å². The van der Waals surface area contributed by atoms with E-state index in [-0.39, 0.29) is 36.3 Å². The fraction of sp³-hybridized carbons (Fsp3) is 0.909. The second kappa shape index (κ2) is 12.9. The molecule has 0 unspecified atom stereocenters. The summed E-state index contributed by atoms with van der Waals surface area (Å²) >= 11 is 0. The van der Waals surface area contributed by atoms with Crippen LogP contribution in [0.3, 0.4) is 0 Å². The molecule has 0 aromatic carbocycles. The van der Waals surface area contributed by atoms with Crippen LogP contribution in [0.1, 0.15) is 20.3 Å². The number of nitrogens with zero attached hydrogens (tertiary/aromatic N) is 1. The topological polar surface area (TPSA) is 79.8 Å². The van der Waals surface area contributed by atoms with Crippen LogP contribution in [0.15, 0.2) is 4.99 Å². The number of hydrogen-bond donors (Lipinski definition) is 2. The Morgan fingerprint density at radius 1 is 1.21 bits per heavy atom. The first-order valence-corrected chi connectivity index (χ1v) is 8.33. The minimum absolute atomic E-state index is 0. The van der Waals surface area contributed by atoms with Gasteiger partial charge in [-0.25, -0.2) is 8.42 Å². The van der Waals surface area contributed by atoms with Gasteiger partial charge in [-0.15, -0.1) is 24.0 Å². The predicted molar refractivity (Wildman–Crippen MR) is 90.2 cm³/mol. The molecule has 0 aliphatic heterocycles. The number of rotatable bonds is 9. The van der Waals surface area contributed by atoms with Crippen LogP contribution in [0.4, 0.5) is 0 Å². The number of halogens is 1. The third kappa shape index (κ3) is 15.9. The van der Waals surface area contributed by atoms with E-state index in [0.717, 1.165) is 25.5 Å². The Balaban J connectivity index is 0. The van der Waals surface area contributed by atoms with Crippen molar-refractivity contribution in [3.8, 4) is 0 Å². The Labute approximate surface area is 133 Å². The monoisotopic (exact) mass is 407 g/mol. The zero-order chi connectivity index (χ0) is 13.9. The average Bonchev–Trinajstić information content (AvgIpc) is 2.29. The summed E-state index contributed by atoms with van der Waals surface area (Å²) in [6, 6.07) is 0. The summed E-state index contributed by atoms with van der Waals surface area (Å²) in [4.78, 5) is 4.33. The molecule has 0 bridgehead atoms. The van der Waals surface area contributed by atoms with Gasteiger partial charge in [0, 0.05) is 25.9 Å². The lowest BCUT2D eigenvalue weighted by Crippen LogP contribution is -2.39. The van der Waals surface area contributed by atoms with Crippen molar-refractivity contribution >= 4 is 39.8 Å². The van der Waals surface area contributed by atoms with Crippen LogP contribution in [0.2, 0.25) is 0 Å². The highest BCUT2D eigenvalue weighted by atomic mass is 127. The molecule has 0 spiro atoms. The molecule has 0 amide bonds. The van der Waals surface area contributed by atoms with Crippen LogP contribution in [0, 0.1) is 0 Å². The summed E-state index contributed by atoms with van der Waals surface area (Å²) in [6.45, 7) is 6.98. The summed E-state index contributed by atoms with van der Waals surface area (Å²) in [5.74, 6) is 0.836. The smallest absolute Gasteiger partial charge is 0.191 e. The van der Waals surface area contributed by atoms with Crippen LogP contribution in [0.5, 0.6) is 0 Å². The van der Waals surface area contributed by atoms with Gasteiger partial charge in [0.2, 0.25) is 0 Å². The molecule has 0 aliphatic rings. The normalized spacial score (nSPS) is 11.8. The van der Waals surface area contributed by atoms with Crippen molar-refractivity contribution in [1.29, 1.82) is 0 Å². The van der Waals surface area contributed by atoms with Gasteiger partial charge in [-0.05, 0) is 13.3 Å². The lowest BCUT2D eigenvalue weighted by atomic mass is 10.5. The molecule has 116 valence electrons. The Bertz CT molecular complexity index is 334. The SMILES string of the molecule is CCCN=C(NCC)NCCOCCS(C)(=O)=O.I. The van der Waals surface area contributed by atoms with Crippen molar-refractivity contribution in [2.75, 3.05) is 44.9 Å². The van der Waals surface area contributed by atoms with Crippen molar-refractivity contribution in [2.24, 2.45) is 4.99 Å². The molecule has 0 aromatic heterocycles. The molecule has 0 radical (unpaired) electrons. The summed E-state index contributed by atoms with van der Waals surface area (Å²) in [6.07, 6.45) is 2.21. The Hall–Kier alpha value is -0.0900. The zero-order valence-corrected chi connectivity index (χ0v) is 15.1. The lowest BCUT2D eigenvalue weighted by molar-refractivity contribution is 0.154. The van der Waals surface area contributed by atoms with Crippen LogP contribution in [0.25, 0.3) is 0 Å². The lowest BCUT2D eigenvalue weighted by Gasteiger charge is -2.11. The van der Waals surface area contributed by atoms with Crippen molar-refractivity contribution < 1.29 is 13.2 Å². The summed E-state index contributed by atoms with van der Waals surface area (Å²) in [5.41, 5.74) is 0. The van der Waals surface area contributed by atoms with Crippen molar-refractivity contribution in [3.63, 3.8) is 0 Å². The molecule has 19 heavy (non-hydrogen) atoms.